The van der Waals surface area contributed by atoms with Gasteiger partial charge in [0.25, 0.3) is 0 Å². The van der Waals surface area contributed by atoms with E-state index in [-0.39, 0.29) is 18.2 Å². The van der Waals surface area contributed by atoms with Gasteiger partial charge < -0.3 is 16.0 Å². The summed E-state index contributed by atoms with van der Waals surface area (Å²) in [4.78, 5) is 23.0. The zero-order chi connectivity index (χ0) is 17.5. The van der Waals surface area contributed by atoms with Gasteiger partial charge in [0, 0.05) is 31.3 Å². The predicted molar refractivity (Wildman–Crippen MR) is 98.9 cm³/mol. The van der Waals surface area contributed by atoms with E-state index in [4.69, 9.17) is 23.2 Å². The Balaban J connectivity index is 1.86. The van der Waals surface area contributed by atoms with Crippen molar-refractivity contribution in [3.63, 3.8) is 0 Å². The van der Waals surface area contributed by atoms with Crippen LogP contribution in [0.15, 0.2) is 42.5 Å². The summed E-state index contributed by atoms with van der Waals surface area (Å²) in [5.74, 6) is -0.335. The van der Waals surface area contributed by atoms with E-state index in [2.05, 4.69) is 16.0 Å². The van der Waals surface area contributed by atoms with Crippen molar-refractivity contribution < 1.29 is 9.59 Å². The average Bonchev–Trinajstić information content (AvgIpc) is 2.51. The third-order valence-corrected chi connectivity index (χ3v) is 3.72. The van der Waals surface area contributed by atoms with E-state index in [0.717, 1.165) is 5.69 Å². The smallest absolute Gasteiger partial charge is 0.226 e. The molecule has 0 saturated carbocycles. The van der Waals surface area contributed by atoms with E-state index >= 15 is 0 Å². The fourth-order valence-corrected chi connectivity index (χ4v) is 2.54. The number of hydrogen-bond acceptors (Lipinski definition) is 3. The molecule has 2 aromatic carbocycles. The predicted octanol–water partition coefficient (Wildman–Crippen LogP) is 4.39. The number of hydrogen-bond donors (Lipinski definition) is 3. The second-order valence-corrected chi connectivity index (χ2v) is 5.90. The lowest BCUT2D eigenvalue weighted by Crippen LogP contribution is -2.16. The van der Waals surface area contributed by atoms with Crippen LogP contribution < -0.4 is 16.0 Å². The van der Waals surface area contributed by atoms with Crippen LogP contribution in [0.4, 0.5) is 17.1 Å². The fourth-order valence-electron chi connectivity index (χ4n) is 2.05. The minimum atomic E-state index is -0.199. The lowest BCUT2D eigenvalue weighted by molar-refractivity contribution is -0.116. The molecule has 0 aliphatic heterocycles. The van der Waals surface area contributed by atoms with Crippen LogP contribution >= 0.6 is 23.2 Å². The van der Waals surface area contributed by atoms with Crippen LogP contribution in [0, 0.1) is 0 Å². The highest BCUT2D eigenvalue weighted by Gasteiger charge is 2.09. The molecule has 0 unspecified atom stereocenters. The van der Waals surface area contributed by atoms with E-state index in [1.165, 1.54) is 6.92 Å². The molecule has 126 valence electrons. The van der Waals surface area contributed by atoms with Gasteiger partial charge in [-0.15, -0.1) is 0 Å². The quantitative estimate of drug-likeness (QED) is 0.710. The molecular weight excluding hydrogens is 349 g/mol. The first kappa shape index (κ1) is 18.1. The summed E-state index contributed by atoms with van der Waals surface area (Å²) in [6.45, 7) is 1.88. The van der Waals surface area contributed by atoms with Gasteiger partial charge in [-0.2, -0.15) is 0 Å². The number of anilines is 3. The van der Waals surface area contributed by atoms with Gasteiger partial charge in [-0.1, -0.05) is 35.3 Å². The maximum Gasteiger partial charge on any atom is 0.226 e. The van der Waals surface area contributed by atoms with Gasteiger partial charge in [-0.05, 0) is 30.3 Å². The molecule has 2 rings (SSSR count). The second kappa shape index (κ2) is 8.57. The molecule has 0 heterocycles. The molecule has 0 fully saturated rings. The van der Waals surface area contributed by atoms with Crippen LogP contribution in [0.3, 0.4) is 0 Å². The molecule has 7 heteroatoms. The van der Waals surface area contributed by atoms with Crippen LogP contribution in [-0.4, -0.2) is 18.4 Å². The molecule has 0 aromatic heterocycles. The molecule has 0 radical (unpaired) electrons. The molecular formula is C17H17Cl2N3O2. The molecule has 3 N–H and O–H groups in total. The summed E-state index contributed by atoms with van der Waals surface area (Å²) in [5, 5.41) is 9.32. The Bertz CT molecular complexity index is 730. The van der Waals surface area contributed by atoms with Gasteiger partial charge in [-0.3, -0.25) is 9.59 Å². The Morgan fingerprint density at radius 1 is 0.958 bits per heavy atom. The van der Waals surface area contributed by atoms with Crippen molar-refractivity contribution >= 4 is 52.1 Å². The highest BCUT2D eigenvalue weighted by Crippen LogP contribution is 2.29. The molecule has 24 heavy (non-hydrogen) atoms. The Morgan fingerprint density at radius 2 is 1.58 bits per heavy atom. The van der Waals surface area contributed by atoms with Gasteiger partial charge in [0.1, 0.15) is 0 Å². The van der Waals surface area contributed by atoms with Crippen LogP contribution in [0.1, 0.15) is 13.3 Å². The fraction of sp³-hybridized carbons (Fsp3) is 0.176. The third kappa shape index (κ3) is 5.44. The second-order valence-electron chi connectivity index (χ2n) is 5.08. The molecule has 0 aliphatic rings. The van der Waals surface area contributed by atoms with Crippen molar-refractivity contribution in [3.05, 3.63) is 52.5 Å². The largest absolute Gasteiger partial charge is 0.384 e. The first-order valence-corrected chi connectivity index (χ1v) is 8.06. The highest BCUT2D eigenvalue weighted by molar-refractivity contribution is 6.39. The van der Waals surface area contributed by atoms with E-state index in [1.54, 1.807) is 30.3 Å². The number of rotatable bonds is 6. The van der Waals surface area contributed by atoms with Crippen molar-refractivity contribution in [2.75, 3.05) is 22.5 Å². The number of carbonyl (C=O) groups is 2. The lowest BCUT2D eigenvalue weighted by atomic mass is 10.2. The zero-order valence-corrected chi connectivity index (χ0v) is 14.5. The molecule has 0 bridgehead atoms. The van der Waals surface area contributed by atoms with Gasteiger partial charge in [0.05, 0.1) is 15.7 Å². The van der Waals surface area contributed by atoms with E-state index in [9.17, 15) is 9.59 Å². The minimum Gasteiger partial charge on any atom is -0.384 e. The summed E-state index contributed by atoms with van der Waals surface area (Å²) in [7, 11) is 0. The van der Waals surface area contributed by atoms with Crippen molar-refractivity contribution in [2.24, 2.45) is 0 Å². The average molecular weight is 366 g/mol. The molecule has 0 aliphatic carbocycles. The third-order valence-electron chi connectivity index (χ3n) is 3.09. The molecule has 5 nitrogen and oxygen atoms in total. The van der Waals surface area contributed by atoms with Crippen LogP contribution in [0.5, 0.6) is 0 Å². The topological polar surface area (TPSA) is 70.2 Å². The number of nitrogens with one attached hydrogen (secondary N) is 3. The maximum atomic E-state index is 12.0. The maximum absolute atomic E-state index is 12.0. The number of halogens is 2. The van der Waals surface area contributed by atoms with Gasteiger partial charge >= 0.3 is 0 Å². The first-order valence-electron chi connectivity index (χ1n) is 7.31. The summed E-state index contributed by atoms with van der Waals surface area (Å²) in [6.07, 6.45) is 0.242. The normalized spacial score (nSPS) is 10.1. The van der Waals surface area contributed by atoms with Gasteiger partial charge in [-0.25, -0.2) is 0 Å². The first-order chi connectivity index (χ1) is 11.5. The molecule has 0 spiro atoms. The Labute approximate surface area is 150 Å². The van der Waals surface area contributed by atoms with Gasteiger partial charge in [0.2, 0.25) is 11.8 Å². The van der Waals surface area contributed by atoms with Crippen molar-refractivity contribution in [2.45, 2.75) is 13.3 Å². The Morgan fingerprint density at radius 3 is 2.25 bits per heavy atom. The van der Waals surface area contributed by atoms with Crippen LogP contribution in [-0.2, 0) is 9.59 Å². The number of para-hydroxylation sites is 1. The van der Waals surface area contributed by atoms with E-state index in [0.29, 0.717) is 28.0 Å². The zero-order valence-electron chi connectivity index (χ0n) is 13.0. The number of carbonyl (C=O) groups excluding carboxylic acids is 2. The summed E-state index contributed by atoms with van der Waals surface area (Å²) < 4.78 is 0. The Hall–Kier alpha value is -2.24. The van der Waals surface area contributed by atoms with Crippen molar-refractivity contribution in [1.82, 2.24) is 0 Å². The van der Waals surface area contributed by atoms with Crippen LogP contribution in [0.25, 0.3) is 0 Å². The van der Waals surface area contributed by atoms with E-state index in [1.807, 2.05) is 12.1 Å². The highest BCUT2D eigenvalue weighted by atomic mass is 35.5. The summed E-state index contributed by atoms with van der Waals surface area (Å²) in [6, 6.07) is 12.3. The molecule has 2 amide bonds. The monoisotopic (exact) mass is 365 g/mol. The van der Waals surface area contributed by atoms with E-state index < -0.39 is 0 Å². The van der Waals surface area contributed by atoms with Crippen molar-refractivity contribution in [1.29, 1.82) is 0 Å². The summed E-state index contributed by atoms with van der Waals surface area (Å²) >= 11 is 12.0. The molecule has 0 saturated heterocycles. The summed E-state index contributed by atoms with van der Waals surface area (Å²) in [5.41, 5.74) is 1.92. The van der Waals surface area contributed by atoms with Crippen LogP contribution in [0.2, 0.25) is 10.0 Å². The minimum absolute atomic E-state index is 0.136. The van der Waals surface area contributed by atoms with Crippen molar-refractivity contribution in [3.8, 4) is 0 Å². The number of amides is 2. The molecule has 0 atom stereocenters. The Kier molecular flexibility index (Phi) is 6.46. The molecule has 2 aromatic rings. The van der Waals surface area contributed by atoms with Gasteiger partial charge in [0.15, 0.2) is 0 Å². The lowest BCUT2D eigenvalue weighted by Gasteiger charge is -2.11. The standard InChI is InChI=1S/C17H17Cl2N3O2/c1-11(23)21-13-5-2-4-12(10-13)20-9-8-16(24)22-17-14(18)6-3-7-15(17)19/h2-7,10,20H,8-9H2,1H3,(H,21,23)(H,22,24). The number of benzene rings is 2. The SMILES string of the molecule is CC(=O)Nc1cccc(NCCC(=O)Nc2c(Cl)cccc2Cl)c1.